The molecule has 0 saturated heterocycles. The van der Waals surface area contributed by atoms with E-state index in [4.69, 9.17) is 25.8 Å². The van der Waals surface area contributed by atoms with Crippen molar-refractivity contribution in [2.24, 2.45) is 10.9 Å². The van der Waals surface area contributed by atoms with E-state index in [0.29, 0.717) is 36.3 Å². The second kappa shape index (κ2) is 12.6. The lowest BCUT2D eigenvalue weighted by Gasteiger charge is -2.13. The molecule has 1 aliphatic carbocycles. The van der Waals surface area contributed by atoms with Crippen LogP contribution in [0.15, 0.2) is 17.1 Å². The highest BCUT2D eigenvalue weighted by atomic mass is 127. The third-order valence-electron chi connectivity index (χ3n) is 4.43. The minimum atomic E-state index is 0. The number of rotatable bonds is 9. The number of nitrogens with one attached hydrogen (secondary N) is 2. The summed E-state index contributed by atoms with van der Waals surface area (Å²) in [6, 6.07) is 3.86. The highest BCUT2D eigenvalue weighted by Gasteiger charge is 2.20. The molecule has 1 heterocycles. The molecule has 1 aromatic carbocycles. The number of hydrogen-bond donors (Lipinski definition) is 2. The molecular formula is C20H31ClIN3O3. The fraction of sp³-hybridized carbons (Fsp3) is 0.650. The Labute approximate surface area is 189 Å². The van der Waals surface area contributed by atoms with Crippen molar-refractivity contribution in [1.29, 1.82) is 0 Å². The summed E-state index contributed by atoms with van der Waals surface area (Å²) in [6.07, 6.45) is 4.49. The normalized spacial score (nSPS) is 16.1. The van der Waals surface area contributed by atoms with Gasteiger partial charge in [0.25, 0.3) is 0 Å². The van der Waals surface area contributed by atoms with Gasteiger partial charge in [0.2, 0.25) is 0 Å². The number of halogens is 2. The second-order valence-corrected chi connectivity index (χ2v) is 7.36. The monoisotopic (exact) mass is 523 g/mol. The molecule has 0 bridgehead atoms. The van der Waals surface area contributed by atoms with E-state index in [0.717, 1.165) is 56.6 Å². The fourth-order valence-electron chi connectivity index (χ4n) is 2.80. The molecule has 8 heteroatoms. The minimum absolute atomic E-state index is 0. The van der Waals surface area contributed by atoms with E-state index >= 15 is 0 Å². The standard InChI is InChI=1S/C20H30ClN3O3.HI/c1-2-22-20(23-7-3-8-25-14-15-5-6-15)24-13-16-11-17(21)19-18(12-16)26-9-4-10-27-19;/h11-12,15H,2-10,13-14H2,1H3,(H2,22,23,24);1H. The number of fused-ring (bicyclic) bond motifs is 1. The van der Waals surface area contributed by atoms with E-state index in [2.05, 4.69) is 22.5 Å². The first-order valence-electron chi connectivity index (χ1n) is 9.94. The van der Waals surface area contributed by atoms with E-state index in [-0.39, 0.29) is 24.0 Å². The molecule has 1 fully saturated rings. The highest BCUT2D eigenvalue weighted by Crippen LogP contribution is 2.38. The summed E-state index contributed by atoms with van der Waals surface area (Å²) >= 11 is 6.36. The first kappa shape index (κ1) is 23.3. The van der Waals surface area contributed by atoms with Crippen molar-refractivity contribution in [3.63, 3.8) is 0 Å². The van der Waals surface area contributed by atoms with Crippen molar-refractivity contribution >= 4 is 41.5 Å². The number of hydrogen-bond acceptors (Lipinski definition) is 4. The van der Waals surface area contributed by atoms with Crippen molar-refractivity contribution in [3.05, 3.63) is 22.7 Å². The molecule has 2 aliphatic rings. The first-order valence-corrected chi connectivity index (χ1v) is 10.3. The summed E-state index contributed by atoms with van der Waals surface area (Å²) in [6.45, 7) is 7.19. The fourth-order valence-corrected chi connectivity index (χ4v) is 3.09. The predicted molar refractivity (Wildman–Crippen MR) is 123 cm³/mol. The molecule has 1 saturated carbocycles. The molecule has 28 heavy (non-hydrogen) atoms. The van der Waals surface area contributed by atoms with Gasteiger partial charge in [0.1, 0.15) is 0 Å². The average Bonchev–Trinajstić information content (AvgIpc) is 3.49. The van der Waals surface area contributed by atoms with Gasteiger partial charge in [0, 0.05) is 32.7 Å². The van der Waals surface area contributed by atoms with Crippen molar-refractivity contribution in [2.45, 2.75) is 39.2 Å². The molecule has 0 atom stereocenters. The van der Waals surface area contributed by atoms with Crippen LogP contribution in [-0.2, 0) is 11.3 Å². The Balaban J connectivity index is 0.00000280. The number of ether oxygens (including phenoxy) is 3. The Bertz CT molecular complexity index is 641. The van der Waals surface area contributed by atoms with Gasteiger partial charge in [-0.2, -0.15) is 0 Å². The van der Waals surface area contributed by atoms with Gasteiger partial charge in [-0.1, -0.05) is 11.6 Å². The van der Waals surface area contributed by atoms with Crippen molar-refractivity contribution in [3.8, 4) is 11.5 Å². The number of benzene rings is 1. The van der Waals surface area contributed by atoms with Gasteiger partial charge >= 0.3 is 0 Å². The van der Waals surface area contributed by atoms with E-state index in [1.54, 1.807) is 0 Å². The largest absolute Gasteiger partial charge is 0.489 e. The van der Waals surface area contributed by atoms with Gasteiger partial charge in [-0.25, -0.2) is 4.99 Å². The van der Waals surface area contributed by atoms with Gasteiger partial charge in [0.05, 0.1) is 24.8 Å². The van der Waals surface area contributed by atoms with Gasteiger partial charge in [0.15, 0.2) is 17.5 Å². The lowest BCUT2D eigenvalue weighted by Crippen LogP contribution is -2.38. The maximum Gasteiger partial charge on any atom is 0.191 e. The summed E-state index contributed by atoms with van der Waals surface area (Å²) in [7, 11) is 0. The third kappa shape index (κ3) is 7.83. The van der Waals surface area contributed by atoms with Crippen LogP contribution in [0.3, 0.4) is 0 Å². The van der Waals surface area contributed by atoms with E-state index in [1.165, 1.54) is 12.8 Å². The number of aliphatic imine (C=N–C) groups is 1. The summed E-state index contributed by atoms with van der Waals surface area (Å²) in [5.74, 6) is 2.95. The Hall–Kier alpha value is -0.930. The molecule has 3 rings (SSSR count). The lowest BCUT2D eigenvalue weighted by molar-refractivity contribution is 0.123. The summed E-state index contributed by atoms with van der Waals surface area (Å²) in [5.41, 5.74) is 0.995. The Morgan fingerprint density at radius 2 is 2.07 bits per heavy atom. The van der Waals surface area contributed by atoms with Gasteiger partial charge in [-0.15, -0.1) is 24.0 Å². The molecule has 6 nitrogen and oxygen atoms in total. The van der Waals surface area contributed by atoms with Crippen LogP contribution >= 0.6 is 35.6 Å². The van der Waals surface area contributed by atoms with Gasteiger partial charge in [-0.3, -0.25) is 0 Å². The van der Waals surface area contributed by atoms with E-state index in [1.807, 2.05) is 12.1 Å². The Morgan fingerprint density at radius 1 is 1.25 bits per heavy atom. The van der Waals surface area contributed by atoms with Crippen molar-refractivity contribution < 1.29 is 14.2 Å². The summed E-state index contributed by atoms with van der Waals surface area (Å²) < 4.78 is 17.1. The smallest absolute Gasteiger partial charge is 0.191 e. The van der Waals surface area contributed by atoms with Crippen LogP contribution in [0.2, 0.25) is 5.02 Å². The lowest BCUT2D eigenvalue weighted by atomic mass is 10.2. The molecule has 0 amide bonds. The zero-order chi connectivity index (χ0) is 18.9. The minimum Gasteiger partial charge on any atom is -0.489 e. The van der Waals surface area contributed by atoms with Crippen LogP contribution in [0, 0.1) is 5.92 Å². The number of guanidine groups is 1. The molecule has 158 valence electrons. The quantitative estimate of drug-likeness (QED) is 0.222. The van der Waals surface area contributed by atoms with Crippen LogP contribution in [0.5, 0.6) is 11.5 Å². The van der Waals surface area contributed by atoms with Crippen LogP contribution in [-0.4, -0.2) is 45.5 Å². The summed E-state index contributed by atoms with van der Waals surface area (Å²) in [4.78, 5) is 4.65. The zero-order valence-electron chi connectivity index (χ0n) is 16.5. The summed E-state index contributed by atoms with van der Waals surface area (Å²) in [5, 5.41) is 7.19. The molecule has 1 aromatic rings. The van der Waals surface area contributed by atoms with Crippen molar-refractivity contribution in [2.75, 3.05) is 39.5 Å². The molecule has 0 unspecified atom stereocenters. The van der Waals surface area contributed by atoms with Crippen LogP contribution < -0.4 is 20.1 Å². The van der Waals surface area contributed by atoms with Crippen LogP contribution in [0.1, 0.15) is 38.2 Å². The second-order valence-electron chi connectivity index (χ2n) is 6.95. The number of nitrogens with zero attached hydrogens (tertiary/aromatic N) is 1. The molecule has 0 radical (unpaired) electrons. The maximum atomic E-state index is 6.36. The average molecular weight is 524 g/mol. The van der Waals surface area contributed by atoms with E-state index < -0.39 is 0 Å². The predicted octanol–water partition coefficient (Wildman–Crippen LogP) is 3.99. The Kier molecular flexibility index (Phi) is 10.5. The van der Waals surface area contributed by atoms with Crippen LogP contribution in [0.4, 0.5) is 0 Å². The molecule has 1 aliphatic heterocycles. The molecule has 0 aromatic heterocycles. The van der Waals surface area contributed by atoms with Crippen molar-refractivity contribution in [1.82, 2.24) is 10.6 Å². The highest BCUT2D eigenvalue weighted by molar-refractivity contribution is 14.0. The molecule has 2 N–H and O–H groups in total. The maximum absolute atomic E-state index is 6.36. The molecule has 0 spiro atoms. The first-order chi connectivity index (χ1) is 13.3. The topological polar surface area (TPSA) is 64.1 Å². The zero-order valence-corrected chi connectivity index (χ0v) is 19.6. The van der Waals surface area contributed by atoms with Gasteiger partial charge in [-0.05, 0) is 49.8 Å². The SMILES string of the molecule is CCNC(=NCc1cc(Cl)c2c(c1)OCCCO2)NCCCOCC1CC1.I. The Morgan fingerprint density at radius 3 is 2.86 bits per heavy atom. The third-order valence-corrected chi connectivity index (χ3v) is 4.72. The molecular weight excluding hydrogens is 493 g/mol. The van der Waals surface area contributed by atoms with Gasteiger partial charge < -0.3 is 24.8 Å². The van der Waals surface area contributed by atoms with E-state index in [9.17, 15) is 0 Å². The van der Waals surface area contributed by atoms with Crippen LogP contribution in [0.25, 0.3) is 0 Å².